The lowest BCUT2D eigenvalue weighted by atomic mass is 10.1. The average Bonchev–Trinajstić information content (AvgIpc) is 2.57. The van der Waals surface area contributed by atoms with E-state index in [-0.39, 0.29) is 12.3 Å². The molecule has 0 bridgehead atoms. The van der Waals surface area contributed by atoms with Crippen LogP contribution < -0.4 is 17.0 Å². The van der Waals surface area contributed by atoms with Gasteiger partial charge in [0.05, 0.1) is 18.9 Å². The number of carbonyl (C=O) groups excluding carboxylic acids is 1. The molecule has 6 heteroatoms. The topological polar surface area (TPSA) is 110 Å². The summed E-state index contributed by atoms with van der Waals surface area (Å²) in [6, 6.07) is -0.531. The third kappa shape index (κ3) is 2.94. The van der Waals surface area contributed by atoms with Crippen LogP contribution in [0.3, 0.4) is 0 Å². The second-order valence-corrected chi connectivity index (χ2v) is 2.73. The van der Waals surface area contributed by atoms with Crippen LogP contribution in [-0.2, 0) is 11.2 Å². The molecule has 0 unspecified atom stereocenters. The highest BCUT2D eigenvalue weighted by Gasteiger charge is 2.13. The fourth-order valence-electron chi connectivity index (χ4n) is 0.979. The molecule has 0 fully saturated rings. The van der Waals surface area contributed by atoms with E-state index < -0.39 is 6.04 Å². The Morgan fingerprint density at radius 2 is 2.54 bits per heavy atom. The number of nitrogens with two attached hydrogens (primary N) is 2. The van der Waals surface area contributed by atoms with E-state index in [1.54, 1.807) is 12.5 Å². The van der Waals surface area contributed by atoms with E-state index in [2.05, 4.69) is 15.4 Å². The Bertz CT molecular complexity index is 258. The Morgan fingerprint density at radius 1 is 1.77 bits per heavy atom. The summed E-state index contributed by atoms with van der Waals surface area (Å²) in [6.45, 7) is 0.0926. The lowest BCUT2D eigenvalue weighted by Crippen LogP contribution is -2.41. The molecule has 6 nitrogen and oxygen atoms in total. The second kappa shape index (κ2) is 4.70. The van der Waals surface area contributed by atoms with E-state index in [1.807, 2.05) is 0 Å². The second-order valence-electron chi connectivity index (χ2n) is 2.73. The van der Waals surface area contributed by atoms with Gasteiger partial charge >= 0.3 is 0 Å². The minimum atomic E-state index is -0.531. The third-order valence-electron chi connectivity index (χ3n) is 1.68. The van der Waals surface area contributed by atoms with E-state index in [0.29, 0.717) is 6.42 Å². The van der Waals surface area contributed by atoms with Crippen molar-refractivity contribution in [3.63, 3.8) is 0 Å². The predicted molar refractivity (Wildman–Crippen MR) is 47.5 cm³/mol. The van der Waals surface area contributed by atoms with Crippen LogP contribution in [0.4, 0.5) is 0 Å². The van der Waals surface area contributed by atoms with Crippen molar-refractivity contribution in [3.05, 3.63) is 18.2 Å². The van der Waals surface area contributed by atoms with Crippen LogP contribution in [0.5, 0.6) is 0 Å². The predicted octanol–water partition coefficient (Wildman–Crippen LogP) is -1.69. The molecule has 0 radical (unpaired) electrons. The van der Waals surface area contributed by atoms with Crippen molar-refractivity contribution >= 4 is 5.78 Å². The monoisotopic (exact) mass is 183 g/mol. The Hall–Kier alpha value is -1.24. The van der Waals surface area contributed by atoms with Crippen LogP contribution in [0.1, 0.15) is 5.69 Å². The molecule has 0 aliphatic carbocycles. The Balaban J connectivity index is 2.41. The van der Waals surface area contributed by atoms with Crippen LogP contribution in [0, 0.1) is 0 Å². The lowest BCUT2D eigenvalue weighted by molar-refractivity contribution is -0.119. The van der Waals surface area contributed by atoms with Crippen LogP contribution in [0.25, 0.3) is 0 Å². The summed E-state index contributed by atoms with van der Waals surface area (Å²) in [5.41, 5.74) is 8.72. The summed E-state index contributed by atoms with van der Waals surface area (Å²) in [7, 11) is 0. The SMILES string of the molecule is NNCC(=O)[C@@H](N)Cc1cnc[nH]1. The maximum Gasteiger partial charge on any atom is 0.165 e. The van der Waals surface area contributed by atoms with Crippen LogP contribution in [0.15, 0.2) is 12.5 Å². The Kier molecular flexibility index (Phi) is 3.56. The Morgan fingerprint density at radius 3 is 3.08 bits per heavy atom. The largest absolute Gasteiger partial charge is 0.348 e. The molecule has 0 saturated heterocycles. The number of nitrogens with zero attached hydrogens (tertiary/aromatic N) is 1. The standard InChI is InChI=1S/C7H13N5O/c8-6(7(13)3-12-9)1-5-2-10-4-11-5/h2,4,6,12H,1,3,8-9H2,(H,10,11)/t6-/m0/s1. The van der Waals surface area contributed by atoms with E-state index in [9.17, 15) is 4.79 Å². The number of ketones is 1. The van der Waals surface area contributed by atoms with Gasteiger partial charge in [0.15, 0.2) is 5.78 Å². The molecule has 0 saturated carbocycles. The minimum absolute atomic E-state index is 0.0926. The van der Waals surface area contributed by atoms with Gasteiger partial charge in [-0.1, -0.05) is 0 Å². The number of aromatic amines is 1. The number of nitrogens with one attached hydrogen (secondary N) is 2. The van der Waals surface area contributed by atoms with Gasteiger partial charge in [0.25, 0.3) is 0 Å². The molecule has 0 aliphatic heterocycles. The smallest absolute Gasteiger partial charge is 0.165 e. The molecule has 1 heterocycles. The van der Waals surface area contributed by atoms with Crippen LogP contribution in [-0.4, -0.2) is 28.3 Å². The molecule has 1 atom stereocenters. The van der Waals surface area contributed by atoms with Gasteiger partial charge in [0, 0.05) is 18.3 Å². The first-order valence-corrected chi connectivity index (χ1v) is 3.93. The molecule has 1 aromatic rings. The van der Waals surface area contributed by atoms with Gasteiger partial charge < -0.3 is 10.7 Å². The summed E-state index contributed by atoms with van der Waals surface area (Å²) in [4.78, 5) is 17.9. The number of Topliss-reactive ketones (excluding diaryl/α,β-unsaturated/α-hetero) is 1. The van der Waals surface area contributed by atoms with Crippen LogP contribution >= 0.6 is 0 Å². The molecule has 6 N–H and O–H groups in total. The first kappa shape index (κ1) is 9.85. The zero-order valence-electron chi connectivity index (χ0n) is 7.16. The molecular formula is C7H13N5O. The summed E-state index contributed by atoms with van der Waals surface area (Å²) >= 11 is 0. The van der Waals surface area contributed by atoms with Gasteiger partial charge in [-0.05, 0) is 0 Å². The molecule has 0 aliphatic rings. The number of hydrogen-bond acceptors (Lipinski definition) is 5. The van der Waals surface area contributed by atoms with E-state index in [0.717, 1.165) is 5.69 Å². The molecule has 1 aromatic heterocycles. The lowest BCUT2D eigenvalue weighted by Gasteiger charge is -2.07. The number of hydrazine groups is 1. The highest BCUT2D eigenvalue weighted by Crippen LogP contribution is 1.96. The summed E-state index contributed by atoms with van der Waals surface area (Å²) in [5, 5.41) is 0. The first-order chi connectivity index (χ1) is 6.24. The van der Waals surface area contributed by atoms with Crippen molar-refractivity contribution < 1.29 is 4.79 Å². The van der Waals surface area contributed by atoms with Crippen molar-refractivity contribution in [2.75, 3.05) is 6.54 Å². The molecule has 0 amide bonds. The van der Waals surface area contributed by atoms with Gasteiger partial charge in [-0.3, -0.25) is 16.1 Å². The van der Waals surface area contributed by atoms with E-state index in [1.165, 1.54) is 0 Å². The van der Waals surface area contributed by atoms with Gasteiger partial charge in [0.2, 0.25) is 0 Å². The van der Waals surface area contributed by atoms with Gasteiger partial charge in [-0.25, -0.2) is 4.98 Å². The molecule has 72 valence electrons. The normalized spacial score (nSPS) is 12.8. The number of imidazole rings is 1. The van der Waals surface area contributed by atoms with Crippen molar-refractivity contribution in [2.45, 2.75) is 12.5 Å². The van der Waals surface area contributed by atoms with E-state index >= 15 is 0 Å². The third-order valence-corrected chi connectivity index (χ3v) is 1.68. The van der Waals surface area contributed by atoms with Crippen molar-refractivity contribution in [3.8, 4) is 0 Å². The minimum Gasteiger partial charge on any atom is -0.348 e. The first-order valence-electron chi connectivity index (χ1n) is 3.93. The summed E-state index contributed by atoms with van der Waals surface area (Å²) in [6.07, 6.45) is 3.65. The summed E-state index contributed by atoms with van der Waals surface area (Å²) in [5.74, 6) is 4.88. The maximum atomic E-state index is 11.2. The fraction of sp³-hybridized carbons (Fsp3) is 0.429. The molecule has 1 rings (SSSR count). The van der Waals surface area contributed by atoms with Crippen LogP contribution in [0.2, 0.25) is 0 Å². The van der Waals surface area contributed by atoms with E-state index in [4.69, 9.17) is 11.6 Å². The zero-order valence-corrected chi connectivity index (χ0v) is 7.16. The fourth-order valence-corrected chi connectivity index (χ4v) is 0.979. The zero-order chi connectivity index (χ0) is 9.68. The maximum absolute atomic E-state index is 11.2. The Labute approximate surface area is 75.7 Å². The molecule has 0 spiro atoms. The quantitative estimate of drug-likeness (QED) is 0.322. The number of rotatable bonds is 5. The molecular weight excluding hydrogens is 170 g/mol. The highest BCUT2D eigenvalue weighted by molar-refractivity contribution is 5.85. The van der Waals surface area contributed by atoms with Gasteiger partial charge in [-0.15, -0.1) is 0 Å². The number of aromatic nitrogens is 2. The van der Waals surface area contributed by atoms with Crippen molar-refractivity contribution in [1.29, 1.82) is 0 Å². The number of carbonyl (C=O) groups is 1. The number of hydrogen-bond donors (Lipinski definition) is 4. The molecule has 13 heavy (non-hydrogen) atoms. The molecule has 0 aromatic carbocycles. The van der Waals surface area contributed by atoms with Gasteiger partial charge in [-0.2, -0.15) is 0 Å². The van der Waals surface area contributed by atoms with Crippen molar-refractivity contribution in [1.82, 2.24) is 15.4 Å². The average molecular weight is 183 g/mol. The highest BCUT2D eigenvalue weighted by atomic mass is 16.1. The van der Waals surface area contributed by atoms with Gasteiger partial charge in [0.1, 0.15) is 0 Å². The summed E-state index contributed by atoms with van der Waals surface area (Å²) < 4.78 is 0. The van der Waals surface area contributed by atoms with Crippen molar-refractivity contribution in [2.24, 2.45) is 11.6 Å². The number of H-pyrrole nitrogens is 1.